The molecule has 0 amide bonds. The van der Waals surface area contributed by atoms with Crippen LogP contribution in [-0.4, -0.2) is 24.6 Å². The van der Waals surface area contributed by atoms with Crippen LogP contribution in [0, 0.1) is 0 Å². The lowest BCUT2D eigenvalue weighted by Gasteiger charge is -1.97. The van der Waals surface area contributed by atoms with Gasteiger partial charge in [-0.25, -0.2) is 9.78 Å². The number of rotatable bonds is 3. The largest absolute Gasteiger partial charge is 0.464 e. The number of methoxy groups -OCH3 is 1. The predicted octanol–water partition coefficient (Wildman–Crippen LogP) is 0.840. The van der Waals surface area contributed by atoms with Crippen molar-refractivity contribution >= 4 is 12.0 Å². The molecule has 14 heavy (non-hydrogen) atoms. The summed E-state index contributed by atoms with van der Waals surface area (Å²) in [5, 5.41) is 0. The molecule has 0 spiro atoms. The summed E-state index contributed by atoms with van der Waals surface area (Å²) in [5.74, 6) is -0.431. The molecule has 1 aromatic rings. The van der Waals surface area contributed by atoms with E-state index in [-0.39, 0.29) is 0 Å². The Morgan fingerprint density at radius 1 is 1.64 bits per heavy atom. The first-order valence-electron chi connectivity index (χ1n) is 4.19. The summed E-state index contributed by atoms with van der Waals surface area (Å²) >= 11 is 0. The number of nitrogens with zero attached hydrogens (tertiary/aromatic N) is 1. The second kappa shape index (κ2) is 5.14. The van der Waals surface area contributed by atoms with Gasteiger partial charge in [-0.05, 0) is 11.6 Å². The maximum atomic E-state index is 11.0. The Morgan fingerprint density at radius 2 is 2.43 bits per heavy atom. The Labute approximate surface area is 82.4 Å². The average molecular weight is 192 g/mol. The molecule has 0 radical (unpaired) electrons. The molecule has 0 aliphatic heterocycles. The Kier molecular flexibility index (Phi) is 3.82. The van der Waals surface area contributed by atoms with Gasteiger partial charge >= 0.3 is 5.97 Å². The first kappa shape index (κ1) is 10.4. The van der Waals surface area contributed by atoms with Crippen LogP contribution >= 0.6 is 0 Å². The van der Waals surface area contributed by atoms with Gasteiger partial charge in [0.1, 0.15) is 5.69 Å². The molecule has 0 atom stereocenters. The number of esters is 1. The van der Waals surface area contributed by atoms with E-state index >= 15 is 0 Å². The van der Waals surface area contributed by atoms with Crippen LogP contribution in [0.15, 0.2) is 24.4 Å². The number of carbonyl (C=O) groups excluding carboxylic acids is 1. The van der Waals surface area contributed by atoms with Gasteiger partial charge < -0.3 is 10.5 Å². The van der Waals surface area contributed by atoms with Crippen LogP contribution < -0.4 is 5.73 Å². The molecule has 1 aromatic heterocycles. The molecule has 0 aliphatic rings. The fourth-order valence-electron chi connectivity index (χ4n) is 0.933. The SMILES string of the molecule is COC(=O)c1ccc(C=CCN)cn1. The first-order chi connectivity index (χ1) is 6.77. The highest BCUT2D eigenvalue weighted by Gasteiger charge is 2.04. The number of carbonyl (C=O) groups is 1. The first-order valence-corrected chi connectivity index (χ1v) is 4.19. The summed E-state index contributed by atoms with van der Waals surface area (Å²) in [5.41, 5.74) is 6.50. The van der Waals surface area contributed by atoms with E-state index in [0.29, 0.717) is 12.2 Å². The van der Waals surface area contributed by atoms with Gasteiger partial charge in [0.05, 0.1) is 7.11 Å². The second-order valence-corrected chi connectivity index (χ2v) is 2.61. The number of hydrogen-bond donors (Lipinski definition) is 1. The summed E-state index contributed by atoms with van der Waals surface area (Å²) < 4.78 is 4.52. The van der Waals surface area contributed by atoms with Gasteiger partial charge in [0.15, 0.2) is 0 Å². The normalized spacial score (nSPS) is 10.4. The maximum absolute atomic E-state index is 11.0. The molecule has 1 heterocycles. The lowest BCUT2D eigenvalue weighted by atomic mass is 10.2. The van der Waals surface area contributed by atoms with Crippen molar-refractivity contribution in [3.05, 3.63) is 35.7 Å². The molecule has 0 saturated carbocycles. The summed E-state index contributed by atoms with van der Waals surface area (Å²) in [4.78, 5) is 15.0. The van der Waals surface area contributed by atoms with E-state index in [1.807, 2.05) is 12.2 Å². The Hall–Kier alpha value is -1.68. The molecule has 0 unspecified atom stereocenters. The van der Waals surface area contributed by atoms with E-state index in [2.05, 4.69) is 9.72 Å². The van der Waals surface area contributed by atoms with Crippen LogP contribution in [0.3, 0.4) is 0 Å². The third kappa shape index (κ3) is 2.67. The maximum Gasteiger partial charge on any atom is 0.356 e. The third-order valence-corrected chi connectivity index (χ3v) is 1.63. The predicted molar refractivity (Wildman–Crippen MR) is 53.7 cm³/mol. The summed E-state index contributed by atoms with van der Waals surface area (Å²) in [6, 6.07) is 3.40. The van der Waals surface area contributed by atoms with Crippen LogP contribution in [-0.2, 0) is 4.74 Å². The van der Waals surface area contributed by atoms with Gasteiger partial charge in [-0.2, -0.15) is 0 Å². The van der Waals surface area contributed by atoms with Gasteiger partial charge in [0.25, 0.3) is 0 Å². The lowest BCUT2D eigenvalue weighted by Crippen LogP contribution is -2.03. The molecule has 0 bridgehead atoms. The van der Waals surface area contributed by atoms with Crippen molar-refractivity contribution in [2.75, 3.05) is 13.7 Å². The van der Waals surface area contributed by atoms with Crippen molar-refractivity contribution in [2.45, 2.75) is 0 Å². The summed E-state index contributed by atoms with van der Waals surface area (Å²) in [7, 11) is 1.33. The minimum Gasteiger partial charge on any atom is -0.464 e. The van der Waals surface area contributed by atoms with Crippen LogP contribution in [0.5, 0.6) is 0 Å². The van der Waals surface area contributed by atoms with E-state index in [4.69, 9.17) is 5.73 Å². The van der Waals surface area contributed by atoms with Gasteiger partial charge in [-0.3, -0.25) is 0 Å². The van der Waals surface area contributed by atoms with Crippen molar-refractivity contribution in [3.63, 3.8) is 0 Å². The van der Waals surface area contributed by atoms with E-state index in [9.17, 15) is 4.79 Å². The van der Waals surface area contributed by atoms with E-state index < -0.39 is 5.97 Å². The van der Waals surface area contributed by atoms with Gasteiger partial charge in [-0.1, -0.05) is 18.2 Å². The fourth-order valence-corrected chi connectivity index (χ4v) is 0.933. The smallest absolute Gasteiger partial charge is 0.356 e. The number of ether oxygens (including phenoxy) is 1. The minimum atomic E-state index is -0.431. The zero-order chi connectivity index (χ0) is 10.4. The standard InChI is InChI=1S/C10H12N2O2/c1-14-10(13)9-5-4-8(7-12-9)3-2-6-11/h2-5,7H,6,11H2,1H3. The summed E-state index contributed by atoms with van der Waals surface area (Å²) in [6.45, 7) is 0.485. The molecular weight excluding hydrogens is 180 g/mol. The molecule has 0 aromatic carbocycles. The van der Waals surface area contributed by atoms with Crippen LogP contribution in [0.2, 0.25) is 0 Å². The Balaban J connectivity index is 2.78. The van der Waals surface area contributed by atoms with Gasteiger partial charge in [0, 0.05) is 12.7 Å². The molecule has 74 valence electrons. The van der Waals surface area contributed by atoms with Crippen molar-refractivity contribution in [1.82, 2.24) is 4.98 Å². The number of nitrogens with two attached hydrogens (primary N) is 1. The van der Waals surface area contributed by atoms with Crippen molar-refractivity contribution in [1.29, 1.82) is 0 Å². The molecule has 0 aliphatic carbocycles. The van der Waals surface area contributed by atoms with Gasteiger partial charge in [0.2, 0.25) is 0 Å². The molecule has 0 saturated heterocycles. The van der Waals surface area contributed by atoms with Crippen molar-refractivity contribution in [2.24, 2.45) is 5.73 Å². The number of aromatic nitrogens is 1. The highest BCUT2D eigenvalue weighted by atomic mass is 16.5. The van der Waals surface area contributed by atoms with Crippen LogP contribution in [0.25, 0.3) is 6.08 Å². The minimum absolute atomic E-state index is 0.303. The van der Waals surface area contributed by atoms with Crippen molar-refractivity contribution < 1.29 is 9.53 Å². The molecule has 2 N–H and O–H groups in total. The van der Waals surface area contributed by atoms with E-state index in [1.165, 1.54) is 7.11 Å². The quantitative estimate of drug-likeness (QED) is 0.721. The molecule has 4 nitrogen and oxygen atoms in total. The highest BCUT2D eigenvalue weighted by molar-refractivity contribution is 5.87. The zero-order valence-electron chi connectivity index (χ0n) is 7.93. The average Bonchev–Trinajstić information content (AvgIpc) is 2.26. The molecule has 1 rings (SSSR count). The number of pyridine rings is 1. The lowest BCUT2D eigenvalue weighted by molar-refractivity contribution is 0.0594. The Bertz CT molecular complexity index is 330. The highest BCUT2D eigenvalue weighted by Crippen LogP contribution is 2.03. The monoisotopic (exact) mass is 192 g/mol. The molecular formula is C10H12N2O2. The second-order valence-electron chi connectivity index (χ2n) is 2.61. The van der Waals surface area contributed by atoms with E-state index in [1.54, 1.807) is 18.3 Å². The fraction of sp³-hybridized carbons (Fsp3) is 0.200. The molecule has 0 fully saturated rings. The topological polar surface area (TPSA) is 65.2 Å². The summed E-state index contributed by atoms with van der Waals surface area (Å²) in [6.07, 6.45) is 5.25. The van der Waals surface area contributed by atoms with Crippen LogP contribution in [0.4, 0.5) is 0 Å². The van der Waals surface area contributed by atoms with Gasteiger partial charge in [-0.15, -0.1) is 0 Å². The van der Waals surface area contributed by atoms with Crippen LogP contribution in [0.1, 0.15) is 16.1 Å². The zero-order valence-corrected chi connectivity index (χ0v) is 7.93. The number of hydrogen-bond acceptors (Lipinski definition) is 4. The van der Waals surface area contributed by atoms with E-state index in [0.717, 1.165) is 5.56 Å². The van der Waals surface area contributed by atoms with Crippen molar-refractivity contribution in [3.8, 4) is 0 Å². The Morgan fingerprint density at radius 3 is 2.93 bits per heavy atom. The molecule has 4 heteroatoms. The third-order valence-electron chi connectivity index (χ3n) is 1.63.